The molecule has 0 spiro atoms. The van der Waals surface area contributed by atoms with Gasteiger partial charge in [-0.25, -0.2) is 4.79 Å². The van der Waals surface area contributed by atoms with Gasteiger partial charge in [-0.3, -0.25) is 0 Å². The van der Waals surface area contributed by atoms with Crippen LogP contribution in [0, 0.1) is 0 Å². The predicted molar refractivity (Wildman–Crippen MR) is 67.1 cm³/mol. The summed E-state index contributed by atoms with van der Waals surface area (Å²) < 4.78 is 5.20. The zero-order valence-corrected chi connectivity index (χ0v) is 11.2. The Morgan fingerprint density at radius 2 is 2.06 bits per heavy atom. The van der Waals surface area contributed by atoms with E-state index in [2.05, 4.69) is 10.6 Å². The molecule has 1 saturated heterocycles. The summed E-state index contributed by atoms with van der Waals surface area (Å²) in [4.78, 5) is 11.5. The second kappa shape index (κ2) is 6.97. The summed E-state index contributed by atoms with van der Waals surface area (Å²) in [6.45, 7) is 7.51. The molecule has 0 aromatic rings. The minimum absolute atomic E-state index is 0. The molecule has 0 saturated carbocycles. The minimum atomic E-state index is -0.414. The van der Waals surface area contributed by atoms with Crippen LogP contribution >= 0.6 is 12.4 Å². The number of hydrogen-bond donors (Lipinski definition) is 2. The first-order valence-corrected chi connectivity index (χ1v) is 5.67. The molecule has 4 nitrogen and oxygen atoms in total. The van der Waals surface area contributed by atoms with Gasteiger partial charge in [0.05, 0.1) is 0 Å². The zero-order chi connectivity index (χ0) is 11.3. The summed E-state index contributed by atoms with van der Waals surface area (Å²) >= 11 is 0. The maximum absolute atomic E-state index is 11.5. The third-order valence-corrected chi connectivity index (χ3v) is 2.27. The average molecular weight is 251 g/mol. The molecule has 0 aliphatic carbocycles. The van der Waals surface area contributed by atoms with E-state index in [1.54, 1.807) is 0 Å². The Morgan fingerprint density at radius 3 is 2.69 bits per heavy atom. The first kappa shape index (κ1) is 15.5. The second-order valence-corrected chi connectivity index (χ2v) is 5.04. The molecule has 1 aliphatic rings. The van der Waals surface area contributed by atoms with Crippen LogP contribution in [0.15, 0.2) is 0 Å². The van der Waals surface area contributed by atoms with E-state index in [1.807, 2.05) is 20.8 Å². The molecule has 16 heavy (non-hydrogen) atoms. The molecule has 96 valence electrons. The molecular weight excluding hydrogens is 228 g/mol. The van der Waals surface area contributed by atoms with Crippen LogP contribution in [-0.4, -0.2) is 30.8 Å². The van der Waals surface area contributed by atoms with Gasteiger partial charge in [0, 0.05) is 12.6 Å². The fourth-order valence-corrected chi connectivity index (χ4v) is 1.62. The smallest absolute Gasteiger partial charge is 0.407 e. The highest BCUT2D eigenvalue weighted by Crippen LogP contribution is 2.08. The highest BCUT2D eigenvalue weighted by molar-refractivity contribution is 5.85. The molecule has 0 aromatic heterocycles. The van der Waals surface area contributed by atoms with Crippen molar-refractivity contribution >= 4 is 18.5 Å². The quantitative estimate of drug-likeness (QED) is 0.749. The minimum Gasteiger partial charge on any atom is -0.444 e. The van der Waals surface area contributed by atoms with Crippen LogP contribution in [0.3, 0.4) is 0 Å². The normalized spacial score (nSPS) is 21.6. The van der Waals surface area contributed by atoms with E-state index in [-0.39, 0.29) is 24.5 Å². The molecule has 1 aliphatic heterocycles. The molecule has 1 atom stereocenters. The Labute approximate surface area is 104 Å². The molecule has 0 aromatic carbocycles. The lowest BCUT2D eigenvalue weighted by Gasteiger charge is -2.22. The first-order valence-electron chi connectivity index (χ1n) is 5.67. The third-order valence-electron chi connectivity index (χ3n) is 2.27. The fourth-order valence-electron chi connectivity index (χ4n) is 1.62. The maximum Gasteiger partial charge on any atom is 0.407 e. The summed E-state index contributed by atoms with van der Waals surface area (Å²) in [5, 5.41) is 6.19. The number of amides is 1. The Kier molecular flexibility index (Phi) is 6.76. The van der Waals surface area contributed by atoms with Gasteiger partial charge in [-0.05, 0) is 40.2 Å². The molecular formula is C11H23ClN2O2. The van der Waals surface area contributed by atoms with E-state index in [4.69, 9.17) is 4.74 Å². The van der Waals surface area contributed by atoms with Gasteiger partial charge in [0.15, 0.2) is 0 Å². The van der Waals surface area contributed by atoms with Crippen molar-refractivity contribution in [1.82, 2.24) is 10.6 Å². The summed E-state index contributed by atoms with van der Waals surface area (Å²) in [6, 6.07) is 0.211. The average Bonchev–Trinajstić information content (AvgIpc) is 2.28. The van der Waals surface area contributed by atoms with Crippen LogP contribution in [0.4, 0.5) is 4.79 Å². The summed E-state index contributed by atoms with van der Waals surface area (Å²) in [7, 11) is 0. The Morgan fingerprint density at radius 1 is 1.38 bits per heavy atom. The van der Waals surface area contributed by atoms with E-state index in [9.17, 15) is 4.79 Å². The maximum atomic E-state index is 11.5. The molecule has 1 rings (SSSR count). The molecule has 1 fully saturated rings. The highest BCUT2D eigenvalue weighted by atomic mass is 35.5. The van der Waals surface area contributed by atoms with Crippen LogP contribution in [0.5, 0.6) is 0 Å². The molecule has 2 N–H and O–H groups in total. The van der Waals surface area contributed by atoms with Crippen LogP contribution in [0.1, 0.15) is 40.0 Å². The van der Waals surface area contributed by atoms with Gasteiger partial charge < -0.3 is 15.4 Å². The Hall–Kier alpha value is -0.480. The van der Waals surface area contributed by atoms with Crippen LogP contribution in [-0.2, 0) is 4.74 Å². The van der Waals surface area contributed by atoms with Gasteiger partial charge in [0.25, 0.3) is 0 Å². The van der Waals surface area contributed by atoms with Crippen LogP contribution in [0.2, 0.25) is 0 Å². The van der Waals surface area contributed by atoms with Gasteiger partial charge in [-0.15, -0.1) is 12.4 Å². The van der Waals surface area contributed by atoms with Crippen molar-refractivity contribution in [2.75, 3.05) is 13.1 Å². The highest BCUT2D eigenvalue weighted by Gasteiger charge is 2.19. The number of nitrogens with one attached hydrogen (secondary N) is 2. The van der Waals surface area contributed by atoms with Gasteiger partial charge in [0.1, 0.15) is 5.60 Å². The number of rotatable bonds is 1. The van der Waals surface area contributed by atoms with Crippen molar-refractivity contribution in [3.05, 3.63) is 0 Å². The van der Waals surface area contributed by atoms with Crippen LogP contribution in [0.25, 0.3) is 0 Å². The van der Waals surface area contributed by atoms with E-state index >= 15 is 0 Å². The standard InChI is InChI=1S/C11H22N2O2.ClH/c1-11(2,3)15-10(14)13-9-6-4-5-7-12-8-9;/h9,12H,4-8H2,1-3H3,(H,13,14);1H/t9-;/m0./s1. The third kappa shape index (κ3) is 6.90. The van der Waals surface area contributed by atoms with Gasteiger partial charge in [0.2, 0.25) is 0 Å². The number of alkyl carbamates (subject to hydrolysis) is 1. The number of carbonyl (C=O) groups excluding carboxylic acids is 1. The Bertz CT molecular complexity index is 209. The molecule has 1 heterocycles. The number of ether oxygens (including phenoxy) is 1. The summed E-state index contributed by atoms with van der Waals surface area (Å²) in [5.41, 5.74) is -0.414. The molecule has 5 heteroatoms. The SMILES string of the molecule is CC(C)(C)OC(=O)N[C@H]1CCCCNC1.Cl. The lowest BCUT2D eigenvalue weighted by Crippen LogP contribution is -2.43. The van der Waals surface area contributed by atoms with Crippen LogP contribution < -0.4 is 10.6 Å². The van der Waals surface area contributed by atoms with Crippen molar-refractivity contribution in [3.63, 3.8) is 0 Å². The van der Waals surface area contributed by atoms with E-state index in [1.165, 1.54) is 6.42 Å². The molecule has 0 bridgehead atoms. The monoisotopic (exact) mass is 250 g/mol. The number of carbonyl (C=O) groups is 1. The first-order chi connectivity index (χ1) is 6.97. The lowest BCUT2D eigenvalue weighted by molar-refractivity contribution is 0.0503. The van der Waals surface area contributed by atoms with E-state index in [0.29, 0.717) is 0 Å². The summed E-state index contributed by atoms with van der Waals surface area (Å²) in [5.74, 6) is 0. The zero-order valence-electron chi connectivity index (χ0n) is 10.3. The molecule has 1 amide bonds. The van der Waals surface area contributed by atoms with Gasteiger partial charge in [-0.1, -0.05) is 6.42 Å². The number of hydrogen-bond acceptors (Lipinski definition) is 3. The van der Waals surface area contributed by atoms with Gasteiger partial charge >= 0.3 is 6.09 Å². The lowest BCUT2D eigenvalue weighted by atomic mass is 10.1. The predicted octanol–water partition coefficient (Wildman–Crippen LogP) is 2.08. The van der Waals surface area contributed by atoms with Crippen molar-refractivity contribution < 1.29 is 9.53 Å². The molecule has 0 unspecified atom stereocenters. The largest absolute Gasteiger partial charge is 0.444 e. The number of halogens is 1. The summed E-state index contributed by atoms with van der Waals surface area (Å²) in [6.07, 6.45) is 3.07. The van der Waals surface area contributed by atoms with Crippen molar-refractivity contribution in [2.24, 2.45) is 0 Å². The van der Waals surface area contributed by atoms with Crippen molar-refractivity contribution in [1.29, 1.82) is 0 Å². The topological polar surface area (TPSA) is 50.4 Å². The Balaban J connectivity index is 0.00000225. The van der Waals surface area contributed by atoms with Crippen molar-refractivity contribution in [3.8, 4) is 0 Å². The van der Waals surface area contributed by atoms with Crippen molar-refractivity contribution in [2.45, 2.75) is 51.7 Å². The van der Waals surface area contributed by atoms with Gasteiger partial charge in [-0.2, -0.15) is 0 Å². The second-order valence-electron chi connectivity index (χ2n) is 5.04. The van der Waals surface area contributed by atoms with E-state index < -0.39 is 5.60 Å². The van der Waals surface area contributed by atoms with E-state index in [0.717, 1.165) is 25.9 Å². The molecule has 0 radical (unpaired) electrons. The fraction of sp³-hybridized carbons (Fsp3) is 0.909.